The molecule has 1 saturated heterocycles. The summed E-state index contributed by atoms with van der Waals surface area (Å²) >= 11 is 0. The Kier molecular flexibility index (Phi) is 3.78. The van der Waals surface area contributed by atoms with E-state index in [-0.39, 0.29) is 0 Å². The smallest absolute Gasteiger partial charge is 0.159 e. The Morgan fingerprint density at radius 3 is 2.83 bits per heavy atom. The number of ether oxygens (including phenoxy) is 1. The number of morpholine rings is 1. The van der Waals surface area contributed by atoms with Gasteiger partial charge >= 0.3 is 0 Å². The second-order valence-corrected chi connectivity index (χ2v) is 7.31. The molecule has 6 heterocycles. The Bertz CT molecular complexity index is 1360. The van der Waals surface area contributed by atoms with Gasteiger partial charge in [0.15, 0.2) is 17.3 Å². The van der Waals surface area contributed by atoms with E-state index in [9.17, 15) is 0 Å². The SMILES string of the molecule is Cn1cc(-c2cnc3[nH]nc(-c4nc5c(N6CCOCC6)nccc5[nH]4)c3c2)cn1. The number of nitrogens with one attached hydrogen (secondary N) is 2. The lowest BCUT2D eigenvalue weighted by atomic mass is 10.1. The molecule has 1 aliphatic heterocycles. The van der Waals surface area contributed by atoms with Crippen molar-refractivity contribution in [2.45, 2.75) is 0 Å². The molecule has 0 bridgehead atoms. The monoisotopic (exact) mass is 401 g/mol. The summed E-state index contributed by atoms with van der Waals surface area (Å²) in [6.07, 6.45) is 7.41. The average molecular weight is 401 g/mol. The van der Waals surface area contributed by atoms with Crippen LogP contribution in [0.15, 0.2) is 36.9 Å². The molecule has 0 aliphatic carbocycles. The number of nitrogens with zero attached hydrogens (tertiary/aromatic N) is 7. The number of aromatic nitrogens is 8. The minimum absolute atomic E-state index is 0.684. The fourth-order valence-electron chi connectivity index (χ4n) is 3.85. The Hall–Kier alpha value is -3.79. The lowest BCUT2D eigenvalue weighted by Crippen LogP contribution is -2.36. The van der Waals surface area contributed by atoms with Gasteiger partial charge in [-0.25, -0.2) is 15.0 Å². The average Bonchev–Trinajstić information content (AvgIpc) is 3.50. The fraction of sp³-hybridized carbons (Fsp3) is 0.250. The third-order valence-electron chi connectivity index (χ3n) is 5.37. The molecule has 0 unspecified atom stereocenters. The van der Waals surface area contributed by atoms with Crippen LogP contribution in [0.25, 0.3) is 44.7 Å². The molecule has 10 nitrogen and oxygen atoms in total. The van der Waals surface area contributed by atoms with E-state index in [0.29, 0.717) is 24.7 Å². The van der Waals surface area contributed by atoms with Crippen molar-refractivity contribution in [2.75, 3.05) is 31.2 Å². The van der Waals surface area contributed by atoms with E-state index in [1.807, 2.05) is 31.7 Å². The largest absolute Gasteiger partial charge is 0.378 e. The second-order valence-electron chi connectivity index (χ2n) is 7.31. The number of rotatable bonds is 3. The number of H-pyrrole nitrogens is 2. The van der Waals surface area contributed by atoms with Crippen molar-refractivity contribution >= 4 is 27.9 Å². The molecule has 6 rings (SSSR count). The van der Waals surface area contributed by atoms with Gasteiger partial charge in [0.1, 0.15) is 11.2 Å². The molecular weight excluding hydrogens is 382 g/mol. The summed E-state index contributed by atoms with van der Waals surface area (Å²) in [5, 5.41) is 12.6. The molecule has 0 saturated carbocycles. The molecule has 0 aromatic carbocycles. The third-order valence-corrected chi connectivity index (χ3v) is 5.37. The Balaban J connectivity index is 1.47. The number of fused-ring (bicyclic) bond motifs is 2. The molecular formula is C20H19N9O. The van der Waals surface area contributed by atoms with Crippen LogP contribution in [0.3, 0.4) is 0 Å². The van der Waals surface area contributed by atoms with E-state index in [4.69, 9.17) is 9.72 Å². The maximum absolute atomic E-state index is 5.47. The highest BCUT2D eigenvalue weighted by molar-refractivity contribution is 5.95. The summed E-state index contributed by atoms with van der Waals surface area (Å²) in [5.41, 5.74) is 5.18. The van der Waals surface area contributed by atoms with Gasteiger partial charge in [0.25, 0.3) is 0 Å². The number of imidazole rings is 1. The van der Waals surface area contributed by atoms with E-state index in [0.717, 1.165) is 52.1 Å². The maximum atomic E-state index is 5.47. The highest BCUT2D eigenvalue weighted by Crippen LogP contribution is 2.31. The van der Waals surface area contributed by atoms with Crippen molar-refractivity contribution in [3.63, 3.8) is 0 Å². The van der Waals surface area contributed by atoms with Crippen molar-refractivity contribution in [2.24, 2.45) is 7.05 Å². The van der Waals surface area contributed by atoms with Crippen LogP contribution in [-0.4, -0.2) is 66.2 Å². The molecule has 2 N–H and O–H groups in total. The first kappa shape index (κ1) is 17.1. The van der Waals surface area contributed by atoms with Crippen molar-refractivity contribution in [1.29, 1.82) is 0 Å². The van der Waals surface area contributed by atoms with Crippen molar-refractivity contribution in [3.05, 3.63) is 36.9 Å². The third kappa shape index (κ3) is 2.72. The molecule has 150 valence electrons. The van der Waals surface area contributed by atoms with Crippen LogP contribution in [0.2, 0.25) is 0 Å². The number of hydrogen-bond acceptors (Lipinski definition) is 7. The van der Waals surface area contributed by atoms with Gasteiger partial charge in [-0.3, -0.25) is 9.78 Å². The Morgan fingerprint density at radius 1 is 1.10 bits per heavy atom. The zero-order valence-corrected chi connectivity index (χ0v) is 16.3. The molecule has 0 radical (unpaired) electrons. The van der Waals surface area contributed by atoms with Crippen molar-refractivity contribution in [1.82, 2.24) is 39.9 Å². The van der Waals surface area contributed by atoms with Gasteiger partial charge in [0.2, 0.25) is 0 Å². The van der Waals surface area contributed by atoms with E-state index in [1.54, 1.807) is 10.9 Å². The summed E-state index contributed by atoms with van der Waals surface area (Å²) in [6.45, 7) is 3.00. The quantitative estimate of drug-likeness (QED) is 0.476. The number of pyridine rings is 2. The minimum atomic E-state index is 0.684. The number of aryl methyl sites for hydroxylation is 1. The fourth-order valence-corrected chi connectivity index (χ4v) is 3.85. The standard InChI is InChI=1S/C20H19N9O/c1-28-11-13(10-23-28)12-8-14-16(26-27-18(14)22-9-12)19-24-15-2-3-21-20(17(15)25-19)29-4-6-30-7-5-29/h2-3,8-11H,4-7H2,1H3,(H,24,25)(H,22,26,27). The molecule has 0 amide bonds. The summed E-state index contributed by atoms with van der Waals surface area (Å²) < 4.78 is 7.24. The molecule has 5 aromatic rings. The highest BCUT2D eigenvalue weighted by atomic mass is 16.5. The van der Waals surface area contributed by atoms with Crippen LogP contribution in [-0.2, 0) is 11.8 Å². The van der Waals surface area contributed by atoms with Gasteiger partial charge in [-0.15, -0.1) is 0 Å². The molecule has 10 heteroatoms. The summed E-state index contributed by atoms with van der Waals surface area (Å²) in [4.78, 5) is 19.6. The van der Waals surface area contributed by atoms with Gasteiger partial charge in [-0.1, -0.05) is 0 Å². The topological polar surface area (TPSA) is 113 Å². The molecule has 1 fully saturated rings. The van der Waals surface area contributed by atoms with E-state index in [1.165, 1.54) is 0 Å². The summed E-state index contributed by atoms with van der Waals surface area (Å²) in [7, 11) is 1.90. The zero-order chi connectivity index (χ0) is 20.1. The predicted molar refractivity (Wildman–Crippen MR) is 112 cm³/mol. The van der Waals surface area contributed by atoms with Gasteiger partial charge in [-0.05, 0) is 12.1 Å². The van der Waals surface area contributed by atoms with Crippen LogP contribution in [0.4, 0.5) is 5.82 Å². The van der Waals surface area contributed by atoms with Crippen LogP contribution in [0.1, 0.15) is 0 Å². The first-order chi connectivity index (χ1) is 14.8. The predicted octanol–water partition coefficient (Wildman–Crippen LogP) is 2.13. The van der Waals surface area contributed by atoms with Gasteiger partial charge in [-0.2, -0.15) is 10.2 Å². The van der Waals surface area contributed by atoms with Gasteiger partial charge < -0.3 is 14.6 Å². The first-order valence-electron chi connectivity index (χ1n) is 9.77. The molecule has 1 aliphatic rings. The molecule has 5 aromatic heterocycles. The van der Waals surface area contributed by atoms with Gasteiger partial charge in [0.05, 0.1) is 30.3 Å². The summed E-state index contributed by atoms with van der Waals surface area (Å²) in [6, 6.07) is 4.00. The Labute approximate surface area is 170 Å². The zero-order valence-electron chi connectivity index (χ0n) is 16.3. The van der Waals surface area contributed by atoms with Crippen LogP contribution >= 0.6 is 0 Å². The molecule has 0 spiro atoms. The molecule has 30 heavy (non-hydrogen) atoms. The van der Waals surface area contributed by atoms with Crippen molar-refractivity contribution < 1.29 is 4.74 Å². The lowest BCUT2D eigenvalue weighted by molar-refractivity contribution is 0.122. The highest BCUT2D eigenvalue weighted by Gasteiger charge is 2.20. The van der Waals surface area contributed by atoms with E-state index >= 15 is 0 Å². The van der Waals surface area contributed by atoms with Crippen molar-refractivity contribution in [3.8, 4) is 22.6 Å². The Morgan fingerprint density at radius 2 is 2.00 bits per heavy atom. The van der Waals surface area contributed by atoms with Crippen LogP contribution in [0.5, 0.6) is 0 Å². The van der Waals surface area contributed by atoms with Crippen LogP contribution in [0, 0.1) is 0 Å². The maximum Gasteiger partial charge on any atom is 0.159 e. The minimum Gasteiger partial charge on any atom is -0.378 e. The summed E-state index contributed by atoms with van der Waals surface area (Å²) in [5.74, 6) is 1.55. The number of anilines is 1. The number of aromatic amines is 2. The lowest BCUT2D eigenvalue weighted by Gasteiger charge is -2.27. The van der Waals surface area contributed by atoms with E-state index in [2.05, 4.69) is 41.2 Å². The normalized spacial score (nSPS) is 14.8. The molecule has 0 atom stereocenters. The van der Waals surface area contributed by atoms with Gasteiger partial charge in [0, 0.05) is 49.9 Å². The van der Waals surface area contributed by atoms with E-state index < -0.39 is 0 Å². The second kappa shape index (κ2) is 6.63. The first-order valence-corrected chi connectivity index (χ1v) is 9.77. The van der Waals surface area contributed by atoms with Crippen LogP contribution < -0.4 is 4.90 Å². The number of hydrogen-bond donors (Lipinski definition) is 2.